The van der Waals surface area contributed by atoms with E-state index in [1.54, 1.807) is 0 Å². The predicted molar refractivity (Wildman–Crippen MR) is 77.4 cm³/mol. The van der Waals surface area contributed by atoms with Crippen LogP contribution in [0.3, 0.4) is 0 Å². The molecule has 2 fully saturated rings. The SMILES string of the molecule is [N-]=[N+]=NC1CC2C(=O)N(c3cc(Cl)cc(Cl)c3)C(=O)N2C1. The minimum absolute atomic E-state index is 0.240. The largest absolute Gasteiger partial charge is 0.332 e. The van der Waals surface area contributed by atoms with Crippen LogP contribution in [-0.4, -0.2) is 35.5 Å². The quantitative estimate of drug-likeness (QED) is 0.361. The summed E-state index contributed by atoms with van der Waals surface area (Å²) >= 11 is 11.8. The van der Waals surface area contributed by atoms with E-state index in [-0.39, 0.29) is 18.5 Å². The normalized spacial score (nSPS) is 24.3. The van der Waals surface area contributed by atoms with E-state index < -0.39 is 12.1 Å². The zero-order valence-corrected chi connectivity index (χ0v) is 12.1. The summed E-state index contributed by atoms with van der Waals surface area (Å²) in [6.07, 6.45) is 0.333. The Morgan fingerprint density at radius 2 is 1.90 bits per heavy atom. The van der Waals surface area contributed by atoms with Crippen LogP contribution < -0.4 is 4.90 Å². The van der Waals surface area contributed by atoms with E-state index >= 15 is 0 Å². The highest BCUT2D eigenvalue weighted by Gasteiger charge is 2.50. The molecular formula is C12H9Cl2N5O2. The topological polar surface area (TPSA) is 89.4 Å². The van der Waals surface area contributed by atoms with Gasteiger partial charge in [0.2, 0.25) is 0 Å². The van der Waals surface area contributed by atoms with Gasteiger partial charge in [0.25, 0.3) is 5.91 Å². The van der Waals surface area contributed by atoms with Crippen LogP contribution in [0.25, 0.3) is 10.4 Å². The molecule has 3 amide bonds. The van der Waals surface area contributed by atoms with Crippen molar-refractivity contribution < 1.29 is 9.59 Å². The standard InChI is InChI=1S/C12H9Cl2N5O2/c13-6-1-7(14)3-9(2-6)19-11(20)10-4-8(16-17-15)5-18(10)12(19)21/h1-3,8,10H,4-5H2. The van der Waals surface area contributed by atoms with E-state index in [1.807, 2.05) is 0 Å². The van der Waals surface area contributed by atoms with Crippen LogP contribution in [0.5, 0.6) is 0 Å². The lowest BCUT2D eigenvalue weighted by atomic mass is 10.1. The van der Waals surface area contributed by atoms with Gasteiger partial charge in [-0.1, -0.05) is 28.3 Å². The second kappa shape index (κ2) is 5.11. The van der Waals surface area contributed by atoms with Crippen LogP contribution in [0.15, 0.2) is 23.3 Å². The molecule has 7 nitrogen and oxygen atoms in total. The number of anilines is 1. The summed E-state index contributed by atoms with van der Waals surface area (Å²) in [6, 6.07) is 3.14. The number of azide groups is 1. The zero-order chi connectivity index (χ0) is 15.1. The van der Waals surface area contributed by atoms with Gasteiger partial charge in [-0.15, -0.1) is 0 Å². The molecule has 2 aliphatic rings. The zero-order valence-electron chi connectivity index (χ0n) is 10.6. The highest BCUT2D eigenvalue weighted by molar-refractivity contribution is 6.35. The Kier molecular flexibility index (Phi) is 3.41. The maximum Gasteiger partial charge on any atom is 0.332 e. The molecule has 3 rings (SSSR count). The van der Waals surface area contributed by atoms with Crippen LogP contribution in [-0.2, 0) is 4.79 Å². The van der Waals surface area contributed by atoms with Crippen molar-refractivity contribution in [1.29, 1.82) is 0 Å². The molecule has 0 N–H and O–H groups in total. The Balaban J connectivity index is 1.92. The summed E-state index contributed by atoms with van der Waals surface area (Å²) in [5.41, 5.74) is 8.79. The number of urea groups is 1. The van der Waals surface area contributed by atoms with Gasteiger partial charge in [-0.05, 0) is 30.2 Å². The number of carbonyl (C=O) groups excluding carboxylic acids is 2. The van der Waals surface area contributed by atoms with Gasteiger partial charge in [-0.25, -0.2) is 9.69 Å². The Hall–Kier alpha value is -1.95. The van der Waals surface area contributed by atoms with Gasteiger partial charge >= 0.3 is 6.03 Å². The number of imide groups is 1. The second-order valence-electron chi connectivity index (χ2n) is 4.85. The number of halogens is 2. The van der Waals surface area contributed by atoms with Gasteiger partial charge in [0.1, 0.15) is 6.04 Å². The van der Waals surface area contributed by atoms with Crippen LogP contribution >= 0.6 is 23.2 Å². The van der Waals surface area contributed by atoms with Crippen molar-refractivity contribution >= 4 is 40.8 Å². The van der Waals surface area contributed by atoms with Crippen molar-refractivity contribution in [2.24, 2.45) is 5.11 Å². The smallest absolute Gasteiger partial charge is 0.311 e. The lowest BCUT2D eigenvalue weighted by Gasteiger charge is -2.17. The summed E-state index contributed by atoms with van der Waals surface area (Å²) in [5, 5.41) is 4.26. The van der Waals surface area contributed by atoms with Gasteiger partial charge in [-0.2, -0.15) is 0 Å². The number of fused-ring (bicyclic) bond motifs is 1. The minimum atomic E-state index is -0.592. The first-order valence-corrected chi connectivity index (χ1v) is 6.91. The predicted octanol–water partition coefficient (Wildman–Crippen LogP) is 3.21. The van der Waals surface area contributed by atoms with E-state index in [1.165, 1.54) is 23.1 Å². The van der Waals surface area contributed by atoms with Crippen LogP contribution in [0.2, 0.25) is 10.0 Å². The number of rotatable bonds is 2. The average Bonchev–Trinajstić information content (AvgIpc) is 2.90. The Labute approximate surface area is 129 Å². The van der Waals surface area contributed by atoms with Gasteiger partial charge in [0, 0.05) is 21.5 Å². The fourth-order valence-corrected chi connectivity index (χ4v) is 3.21. The lowest BCUT2D eigenvalue weighted by Crippen LogP contribution is -2.34. The van der Waals surface area contributed by atoms with Gasteiger partial charge in [-0.3, -0.25) is 4.79 Å². The van der Waals surface area contributed by atoms with Gasteiger partial charge in [0.15, 0.2) is 0 Å². The number of hydrogen-bond donors (Lipinski definition) is 0. The molecule has 21 heavy (non-hydrogen) atoms. The second-order valence-corrected chi connectivity index (χ2v) is 5.72. The number of nitrogens with zero attached hydrogens (tertiary/aromatic N) is 5. The van der Waals surface area contributed by atoms with E-state index in [2.05, 4.69) is 10.0 Å². The van der Waals surface area contributed by atoms with E-state index in [9.17, 15) is 9.59 Å². The maximum absolute atomic E-state index is 12.4. The molecule has 0 aliphatic carbocycles. The molecule has 0 aromatic heterocycles. The monoisotopic (exact) mass is 325 g/mol. The first-order valence-electron chi connectivity index (χ1n) is 6.16. The Morgan fingerprint density at radius 3 is 2.48 bits per heavy atom. The third-order valence-electron chi connectivity index (χ3n) is 3.54. The third kappa shape index (κ3) is 2.29. The molecule has 0 spiro atoms. The van der Waals surface area contributed by atoms with Crippen LogP contribution in [0, 0.1) is 0 Å². The first-order chi connectivity index (χ1) is 10.0. The average molecular weight is 326 g/mol. The molecule has 108 valence electrons. The lowest BCUT2D eigenvalue weighted by molar-refractivity contribution is -0.119. The van der Waals surface area contributed by atoms with Crippen molar-refractivity contribution in [2.45, 2.75) is 18.5 Å². The molecule has 2 aliphatic heterocycles. The molecule has 9 heteroatoms. The van der Waals surface area contributed by atoms with Crippen molar-refractivity contribution in [3.63, 3.8) is 0 Å². The summed E-state index contributed by atoms with van der Waals surface area (Å²) in [6.45, 7) is 0.240. The van der Waals surface area contributed by atoms with Gasteiger partial charge in [0.05, 0.1) is 11.7 Å². The molecule has 0 saturated carbocycles. The van der Waals surface area contributed by atoms with Gasteiger partial charge < -0.3 is 4.90 Å². The number of benzene rings is 1. The van der Waals surface area contributed by atoms with E-state index in [0.717, 1.165) is 4.90 Å². The van der Waals surface area contributed by atoms with Crippen molar-refractivity contribution in [1.82, 2.24) is 4.90 Å². The first kappa shape index (κ1) is 14.0. The number of hydrogen-bond acceptors (Lipinski definition) is 3. The Morgan fingerprint density at radius 1 is 1.24 bits per heavy atom. The molecule has 2 heterocycles. The van der Waals surface area contributed by atoms with Crippen LogP contribution in [0.1, 0.15) is 6.42 Å². The summed E-state index contributed by atoms with van der Waals surface area (Å²) < 4.78 is 0. The number of amides is 3. The van der Waals surface area contributed by atoms with E-state index in [4.69, 9.17) is 28.7 Å². The molecule has 2 atom stereocenters. The maximum atomic E-state index is 12.4. The highest BCUT2D eigenvalue weighted by Crippen LogP contribution is 2.34. The fourth-order valence-electron chi connectivity index (χ4n) is 2.69. The summed E-state index contributed by atoms with van der Waals surface area (Å²) in [4.78, 5) is 30.0. The molecule has 2 saturated heterocycles. The summed E-state index contributed by atoms with van der Waals surface area (Å²) in [7, 11) is 0. The summed E-state index contributed by atoms with van der Waals surface area (Å²) in [5.74, 6) is -0.353. The van der Waals surface area contributed by atoms with Crippen molar-refractivity contribution in [3.8, 4) is 0 Å². The van der Waals surface area contributed by atoms with Crippen molar-refractivity contribution in [2.75, 3.05) is 11.4 Å². The Bertz CT molecular complexity index is 644. The molecule has 1 aromatic carbocycles. The fraction of sp³-hybridized carbons (Fsp3) is 0.333. The molecular weight excluding hydrogens is 317 g/mol. The minimum Gasteiger partial charge on any atom is -0.311 e. The molecule has 2 unspecified atom stereocenters. The van der Waals surface area contributed by atoms with E-state index in [0.29, 0.717) is 22.2 Å². The molecule has 0 radical (unpaired) electrons. The highest BCUT2D eigenvalue weighted by atomic mass is 35.5. The van der Waals surface area contributed by atoms with Crippen molar-refractivity contribution in [3.05, 3.63) is 38.7 Å². The molecule has 0 bridgehead atoms. The third-order valence-corrected chi connectivity index (χ3v) is 3.98. The number of carbonyl (C=O) groups is 2. The van der Waals surface area contributed by atoms with Crippen LogP contribution in [0.4, 0.5) is 10.5 Å². The molecule has 1 aromatic rings.